The Morgan fingerprint density at radius 3 is 2.58 bits per heavy atom. The predicted molar refractivity (Wildman–Crippen MR) is 102 cm³/mol. The van der Waals surface area contributed by atoms with E-state index in [1.54, 1.807) is 60.0 Å². The standard InChI is InChI=1S/C20H11ClO4S/c21-14-6-3-12(4-7-14)16-10-13-5-8-15(11-17(13)25-19(16)22)24-20(23)18-2-1-9-26-18/h1-11H. The van der Waals surface area contributed by atoms with Crippen LogP contribution in [0.25, 0.3) is 22.1 Å². The lowest BCUT2D eigenvalue weighted by molar-refractivity contribution is 0.0740. The summed E-state index contributed by atoms with van der Waals surface area (Å²) in [6.45, 7) is 0. The Morgan fingerprint density at radius 1 is 1.04 bits per heavy atom. The van der Waals surface area contributed by atoms with E-state index >= 15 is 0 Å². The number of hydrogen-bond donors (Lipinski definition) is 0. The molecule has 2 heterocycles. The first-order valence-corrected chi connectivity index (χ1v) is 8.95. The molecule has 0 unspecified atom stereocenters. The second-order valence-electron chi connectivity index (χ2n) is 5.52. The van der Waals surface area contributed by atoms with Gasteiger partial charge in [-0.15, -0.1) is 11.3 Å². The van der Waals surface area contributed by atoms with E-state index in [1.165, 1.54) is 17.4 Å². The topological polar surface area (TPSA) is 56.5 Å². The Labute approximate surface area is 157 Å². The van der Waals surface area contributed by atoms with Crippen LogP contribution >= 0.6 is 22.9 Å². The summed E-state index contributed by atoms with van der Waals surface area (Å²) in [4.78, 5) is 24.9. The molecule has 4 nitrogen and oxygen atoms in total. The number of carbonyl (C=O) groups is 1. The molecule has 128 valence electrons. The molecule has 0 aliphatic carbocycles. The van der Waals surface area contributed by atoms with Crippen LogP contribution in [0.4, 0.5) is 0 Å². The van der Waals surface area contributed by atoms with E-state index in [-0.39, 0.29) is 0 Å². The SMILES string of the molecule is O=C(Oc1ccc2cc(-c3ccc(Cl)cc3)c(=O)oc2c1)c1cccs1. The predicted octanol–water partition coefficient (Wildman–Crippen LogP) is 5.39. The fourth-order valence-corrected chi connectivity index (χ4v) is 3.26. The molecule has 0 N–H and O–H groups in total. The molecular weight excluding hydrogens is 372 g/mol. The quantitative estimate of drug-likeness (QED) is 0.270. The summed E-state index contributed by atoms with van der Waals surface area (Å²) >= 11 is 7.19. The maximum atomic E-state index is 12.3. The Kier molecular flexibility index (Phi) is 4.32. The van der Waals surface area contributed by atoms with E-state index in [1.807, 2.05) is 0 Å². The van der Waals surface area contributed by atoms with Crippen molar-refractivity contribution in [1.29, 1.82) is 0 Å². The van der Waals surface area contributed by atoms with Gasteiger partial charge >= 0.3 is 11.6 Å². The number of ether oxygens (including phenoxy) is 1. The van der Waals surface area contributed by atoms with Gasteiger partial charge in [-0.25, -0.2) is 9.59 Å². The highest BCUT2D eigenvalue weighted by atomic mass is 35.5. The van der Waals surface area contributed by atoms with Crippen molar-refractivity contribution in [2.24, 2.45) is 0 Å². The normalized spacial score (nSPS) is 10.8. The zero-order valence-corrected chi connectivity index (χ0v) is 14.8. The number of halogens is 1. The van der Waals surface area contributed by atoms with Gasteiger partial charge in [-0.1, -0.05) is 29.8 Å². The molecule has 0 bridgehead atoms. The average molecular weight is 383 g/mol. The molecule has 6 heteroatoms. The van der Waals surface area contributed by atoms with E-state index in [0.717, 1.165) is 10.9 Å². The molecule has 0 atom stereocenters. The van der Waals surface area contributed by atoms with Gasteiger partial charge in [-0.05, 0) is 47.3 Å². The lowest BCUT2D eigenvalue weighted by Gasteiger charge is -2.06. The second kappa shape index (κ2) is 6.78. The molecule has 0 amide bonds. The van der Waals surface area contributed by atoms with Crippen molar-refractivity contribution >= 4 is 39.9 Å². The smallest absolute Gasteiger partial charge is 0.353 e. The van der Waals surface area contributed by atoms with Crippen LogP contribution in [-0.2, 0) is 0 Å². The molecule has 0 aliphatic heterocycles. The van der Waals surface area contributed by atoms with E-state index < -0.39 is 11.6 Å². The van der Waals surface area contributed by atoms with Gasteiger partial charge in [0.05, 0.1) is 5.56 Å². The molecular formula is C20H11ClO4S. The molecule has 4 aromatic rings. The number of esters is 1. The number of rotatable bonds is 3. The lowest BCUT2D eigenvalue weighted by Crippen LogP contribution is -2.06. The monoisotopic (exact) mass is 382 g/mol. The van der Waals surface area contributed by atoms with Gasteiger partial charge in [0.25, 0.3) is 0 Å². The van der Waals surface area contributed by atoms with E-state index in [4.69, 9.17) is 20.8 Å². The summed E-state index contributed by atoms with van der Waals surface area (Å²) in [5, 5.41) is 3.12. The molecule has 0 aliphatic rings. The highest BCUT2D eigenvalue weighted by Crippen LogP contribution is 2.26. The minimum atomic E-state index is -0.471. The third-order valence-corrected chi connectivity index (χ3v) is 4.90. The molecule has 2 aromatic carbocycles. The van der Waals surface area contributed by atoms with Crippen molar-refractivity contribution in [2.45, 2.75) is 0 Å². The highest BCUT2D eigenvalue weighted by molar-refractivity contribution is 7.12. The first-order valence-electron chi connectivity index (χ1n) is 7.70. The average Bonchev–Trinajstić information content (AvgIpc) is 3.17. The Morgan fingerprint density at radius 2 is 1.85 bits per heavy atom. The zero-order valence-electron chi connectivity index (χ0n) is 13.3. The van der Waals surface area contributed by atoms with Gasteiger partial charge < -0.3 is 9.15 Å². The Bertz CT molecular complexity index is 1140. The van der Waals surface area contributed by atoms with Crippen LogP contribution < -0.4 is 10.4 Å². The molecule has 26 heavy (non-hydrogen) atoms. The van der Waals surface area contributed by atoms with Crippen LogP contribution in [0.1, 0.15) is 9.67 Å². The van der Waals surface area contributed by atoms with Crippen LogP contribution in [-0.4, -0.2) is 5.97 Å². The summed E-state index contributed by atoms with van der Waals surface area (Å²) < 4.78 is 10.7. The third kappa shape index (κ3) is 3.27. The molecule has 0 saturated heterocycles. The molecule has 2 aromatic heterocycles. The van der Waals surface area contributed by atoms with Gasteiger partial charge in [0, 0.05) is 16.5 Å². The van der Waals surface area contributed by atoms with E-state index in [2.05, 4.69) is 0 Å². The number of carbonyl (C=O) groups excluding carboxylic acids is 1. The van der Waals surface area contributed by atoms with Crippen molar-refractivity contribution in [1.82, 2.24) is 0 Å². The number of thiophene rings is 1. The van der Waals surface area contributed by atoms with Gasteiger partial charge in [0.1, 0.15) is 16.2 Å². The zero-order chi connectivity index (χ0) is 18.1. The Hall–Kier alpha value is -2.89. The fourth-order valence-electron chi connectivity index (χ4n) is 2.54. The van der Waals surface area contributed by atoms with E-state index in [0.29, 0.717) is 26.8 Å². The fraction of sp³-hybridized carbons (Fsp3) is 0. The summed E-state index contributed by atoms with van der Waals surface area (Å²) in [6, 6.07) is 17.1. The van der Waals surface area contributed by atoms with Crippen LogP contribution in [0.3, 0.4) is 0 Å². The van der Waals surface area contributed by atoms with Crippen LogP contribution in [0, 0.1) is 0 Å². The van der Waals surface area contributed by atoms with E-state index in [9.17, 15) is 9.59 Å². The second-order valence-corrected chi connectivity index (χ2v) is 6.91. The van der Waals surface area contributed by atoms with Gasteiger partial charge in [0.2, 0.25) is 0 Å². The highest BCUT2D eigenvalue weighted by Gasteiger charge is 2.12. The minimum absolute atomic E-state index is 0.318. The summed E-state index contributed by atoms with van der Waals surface area (Å²) in [6.07, 6.45) is 0. The lowest BCUT2D eigenvalue weighted by atomic mass is 10.1. The number of benzene rings is 2. The largest absolute Gasteiger partial charge is 0.422 e. The maximum absolute atomic E-state index is 12.3. The van der Waals surface area contributed by atoms with Gasteiger partial charge in [-0.3, -0.25) is 0 Å². The van der Waals surface area contributed by atoms with Crippen molar-refractivity contribution in [2.75, 3.05) is 0 Å². The molecule has 0 radical (unpaired) electrons. The molecule has 0 fully saturated rings. The van der Waals surface area contributed by atoms with Crippen LogP contribution in [0.15, 0.2) is 75.3 Å². The van der Waals surface area contributed by atoms with Gasteiger partial charge in [-0.2, -0.15) is 0 Å². The Balaban J connectivity index is 1.69. The van der Waals surface area contributed by atoms with Crippen molar-refractivity contribution in [3.63, 3.8) is 0 Å². The van der Waals surface area contributed by atoms with Crippen molar-refractivity contribution < 1.29 is 13.9 Å². The molecule has 0 spiro atoms. The summed E-state index contributed by atoms with van der Waals surface area (Å²) in [7, 11) is 0. The van der Waals surface area contributed by atoms with Crippen molar-refractivity contribution in [3.05, 3.63) is 86.4 Å². The van der Waals surface area contributed by atoms with Crippen LogP contribution in [0.5, 0.6) is 5.75 Å². The van der Waals surface area contributed by atoms with Gasteiger partial charge in [0.15, 0.2) is 0 Å². The maximum Gasteiger partial charge on any atom is 0.353 e. The molecule has 4 rings (SSSR count). The number of fused-ring (bicyclic) bond motifs is 1. The van der Waals surface area contributed by atoms with Crippen LogP contribution in [0.2, 0.25) is 5.02 Å². The summed E-state index contributed by atoms with van der Waals surface area (Å²) in [5.41, 5.74) is 1.04. The van der Waals surface area contributed by atoms with Crippen molar-refractivity contribution in [3.8, 4) is 16.9 Å². The molecule has 0 saturated carbocycles. The summed E-state index contributed by atoms with van der Waals surface area (Å²) in [5.74, 6) is -0.127. The first kappa shape index (κ1) is 16.6. The third-order valence-electron chi connectivity index (χ3n) is 3.80. The minimum Gasteiger partial charge on any atom is -0.422 e. The first-order chi connectivity index (χ1) is 12.6. The number of hydrogen-bond acceptors (Lipinski definition) is 5.